The van der Waals surface area contributed by atoms with Gasteiger partial charge >= 0.3 is 0 Å². The first-order chi connectivity index (χ1) is 9.78. The maximum absolute atomic E-state index is 4.54. The first kappa shape index (κ1) is 12.7. The molecule has 3 aromatic rings. The van der Waals surface area contributed by atoms with Crippen LogP contribution < -0.4 is 5.32 Å². The van der Waals surface area contributed by atoms with Crippen molar-refractivity contribution < 1.29 is 0 Å². The lowest BCUT2D eigenvalue weighted by Crippen LogP contribution is -2.06. The minimum atomic E-state index is 0.896. The highest BCUT2D eigenvalue weighted by Crippen LogP contribution is 2.20. The number of fused-ring (bicyclic) bond motifs is 1. The average Bonchev–Trinajstić information content (AvgIpc) is 2.85. The highest BCUT2D eigenvalue weighted by Gasteiger charge is 2.07. The molecular weight excluding hydrogens is 248 g/mol. The second kappa shape index (κ2) is 5.33. The SMILES string of the molecule is CCCNc1nc(C)cn1-c1ccc2ncccc2c1. The first-order valence-electron chi connectivity index (χ1n) is 6.93. The summed E-state index contributed by atoms with van der Waals surface area (Å²) in [5, 5.41) is 4.50. The number of aromatic nitrogens is 3. The third kappa shape index (κ3) is 2.37. The molecule has 1 aromatic carbocycles. The summed E-state index contributed by atoms with van der Waals surface area (Å²) in [7, 11) is 0. The number of hydrogen-bond acceptors (Lipinski definition) is 3. The van der Waals surface area contributed by atoms with Crippen LogP contribution in [-0.2, 0) is 0 Å². The molecule has 1 N–H and O–H groups in total. The zero-order valence-electron chi connectivity index (χ0n) is 11.8. The van der Waals surface area contributed by atoms with Crippen molar-refractivity contribution in [1.29, 1.82) is 0 Å². The standard InChI is InChI=1S/C16H18N4/c1-3-8-18-16-19-12(2)11-20(16)14-6-7-15-13(10-14)5-4-9-17-15/h4-7,9-11H,3,8H2,1-2H3,(H,18,19). The van der Waals surface area contributed by atoms with Crippen molar-refractivity contribution in [3.63, 3.8) is 0 Å². The van der Waals surface area contributed by atoms with Gasteiger partial charge in [0.2, 0.25) is 5.95 Å². The summed E-state index contributed by atoms with van der Waals surface area (Å²) in [4.78, 5) is 8.89. The number of nitrogens with zero attached hydrogens (tertiary/aromatic N) is 3. The van der Waals surface area contributed by atoms with Crippen LogP contribution in [0.1, 0.15) is 19.0 Å². The molecule has 0 unspecified atom stereocenters. The number of nitrogens with one attached hydrogen (secondary N) is 1. The van der Waals surface area contributed by atoms with Gasteiger partial charge in [-0.15, -0.1) is 0 Å². The molecule has 3 rings (SSSR count). The van der Waals surface area contributed by atoms with Gasteiger partial charge in [0.25, 0.3) is 0 Å². The zero-order valence-corrected chi connectivity index (χ0v) is 11.8. The monoisotopic (exact) mass is 266 g/mol. The molecule has 0 amide bonds. The van der Waals surface area contributed by atoms with Gasteiger partial charge in [0, 0.05) is 30.0 Å². The third-order valence-corrected chi connectivity index (χ3v) is 3.22. The molecule has 0 saturated heterocycles. The van der Waals surface area contributed by atoms with E-state index in [1.807, 2.05) is 25.3 Å². The fourth-order valence-corrected chi connectivity index (χ4v) is 2.27. The Morgan fingerprint density at radius 3 is 3.00 bits per heavy atom. The second-order valence-corrected chi connectivity index (χ2v) is 4.88. The van der Waals surface area contributed by atoms with Gasteiger partial charge in [-0.2, -0.15) is 0 Å². The summed E-state index contributed by atoms with van der Waals surface area (Å²) in [6, 6.07) is 10.3. The van der Waals surface area contributed by atoms with Gasteiger partial charge in [0.05, 0.1) is 11.2 Å². The minimum absolute atomic E-state index is 0.896. The Morgan fingerprint density at radius 2 is 2.15 bits per heavy atom. The molecule has 0 aliphatic rings. The molecule has 102 valence electrons. The van der Waals surface area contributed by atoms with Crippen molar-refractivity contribution >= 4 is 16.9 Å². The van der Waals surface area contributed by atoms with Gasteiger partial charge in [0.15, 0.2) is 0 Å². The van der Waals surface area contributed by atoms with E-state index in [0.717, 1.165) is 41.2 Å². The molecule has 0 radical (unpaired) electrons. The summed E-state index contributed by atoms with van der Waals surface area (Å²) in [6.07, 6.45) is 4.95. The van der Waals surface area contributed by atoms with Crippen molar-refractivity contribution in [2.75, 3.05) is 11.9 Å². The van der Waals surface area contributed by atoms with Crippen LogP contribution in [0, 0.1) is 6.92 Å². The smallest absolute Gasteiger partial charge is 0.207 e. The summed E-state index contributed by atoms with van der Waals surface area (Å²) < 4.78 is 2.09. The Kier molecular flexibility index (Phi) is 3.37. The zero-order chi connectivity index (χ0) is 13.9. The fraction of sp³-hybridized carbons (Fsp3) is 0.250. The first-order valence-corrected chi connectivity index (χ1v) is 6.93. The molecule has 0 atom stereocenters. The van der Waals surface area contributed by atoms with E-state index in [1.54, 1.807) is 0 Å². The molecule has 0 aliphatic heterocycles. The van der Waals surface area contributed by atoms with Crippen molar-refractivity contribution in [2.24, 2.45) is 0 Å². The molecule has 0 aliphatic carbocycles. The highest BCUT2D eigenvalue weighted by atomic mass is 15.2. The summed E-state index contributed by atoms with van der Waals surface area (Å²) in [5.41, 5.74) is 3.12. The highest BCUT2D eigenvalue weighted by molar-refractivity contribution is 5.80. The van der Waals surface area contributed by atoms with E-state index in [4.69, 9.17) is 0 Å². The van der Waals surface area contributed by atoms with E-state index in [2.05, 4.69) is 51.2 Å². The van der Waals surface area contributed by atoms with E-state index in [9.17, 15) is 0 Å². The Hall–Kier alpha value is -2.36. The molecule has 2 aromatic heterocycles. The van der Waals surface area contributed by atoms with Gasteiger partial charge in [0.1, 0.15) is 0 Å². The lowest BCUT2D eigenvalue weighted by atomic mass is 10.2. The maximum Gasteiger partial charge on any atom is 0.207 e. The van der Waals surface area contributed by atoms with Gasteiger partial charge in [-0.05, 0) is 37.6 Å². The van der Waals surface area contributed by atoms with Gasteiger partial charge in [-0.1, -0.05) is 13.0 Å². The molecule has 0 bridgehead atoms. The number of anilines is 1. The number of aryl methyl sites for hydroxylation is 1. The van der Waals surface area contributed by atoms with Crippen LogP contribution in [0.2, 0.25) is 0 Å². The van der Waals surface area contributed by atoms with E-state index >= 15 is 0 Å². The van der Waals surface area contributed by atoms with E-state index in [-0.39, 0.29) is 0 Å². The summed E-state index contributed by atoms with van der Waals surface area (Å²) in [6.45, 7) is 5.08. The average molecular weight is 266 g/mol. The van der Waals surface area contributed by atoms with Crippen LogP contribution in [-0.4, -0.2) is 21.1 Å². The predicted octanol–water partition coefficient (Wildman–Crippen LogP) is 3.55. The van der Waals surface area contributed by atoms with Crippen molar-refractivity contribution in [3.05, 3.63) is 48.4 Å². The van der Waals surface area contributed by atoms with Gasteiger partial charge in [-0.25, -0.2) is 4.98 Å². The number of pyridine rings is 1. The number of imidazole rings is 1. The normalized spacial score (nSPS) is 10.9. The molecule has 20 heavy (non-hydrogen) atoms. The number of hydrogen-bond donors (Lipinski definition) is 1. The van der Waals surface area contributed by atoms with E-state index < -0.39 is 0 Å². The second-order valence-electron chi connectivity index (χ2n) is 4.88. The summed E-state index contributed by atoms with van der Waals surface area (Å²) in [5.74, 6) is 0.896. The van der Waals surface area contributed by atoms with Gasteiger partial charge < -0.3 is 5.32 Å². The molecule has 4 heteroatoms. The molecule has 0 saturated carbocycles. The third-order valence-electron chi connectivity index (χ3n) is 3.22. The van der Waals surface area contributed by atoms with Crippen molar-refractivity contribution in [3.8, 4) is 5.69 Å². The van der Waals surface area contributed by atoms with Crippen molar-refractivity contribution in [1.82, 2.24) is 14.5 Å². The van der Waals surface area contributed by atoms with Crippen LogP contribution in [0.15, 0.2) is 42.7 Å². The predicted molar refractivity (Wildman–Crippen MR) is 82.4 cm³/mol. The Morgan fingerprint density at radius 1 is 1.25 bits per heavy atom. The number of benzene rings is 1. The topological polar surface area (TPSA) is 42.7 Å². The molecule has 4 nitrogen and oxygen atoms in total. The van der Waals surface area contributed by atoms with Crippen LogP contribution in [0.5, 0.6) is 0 Å². The van der Waals surface area contributed by atoms with Crippen LogP contribution in [0.4, 0.5) is 5.95 Å². The molecule has 2 heterocycles. The molecule has 0 spiro atoms. The van der Waals surface area contributed by atoms with Crippen LogP contribution in [0.25, 0.3) is 16.6 Å². The number of rotatable bonds is 4. The van der Waals surface area contributed by atoms with Gasteiger partial charge in [-0.3, -0.25) is 9.55 Å². The fourth-order valence-electron chi connectivity index (χ4n) is 2.27. The lowest BCUT2D eigenvalue weighted by molar-refractivity contribution is 0.937. The summed E-state index contributed by atoms with van der Waals surface area (Å²) >= 11 is 0. The Labute approximate surface area is 118 Å². The lowest BCUT2D eigenvalue weighted by Gasteiger charge is -2.09. The minimum Gasteiger partial charge on any atom is -0.355 e. The molecular formula is C16H18N4. The quantitative estimate of drug-likeness (QED) is 0.785. The molecule has 0 fully saturated rings. The maximum atomic E-state index is 4.54. The van der Waals surface area contributed by atoms with E-state index in [0.29, 0.717) is 0 Å². The largest absolute Gasteiger partial charge is 0.355 e. The Bertz CT molecular complexity index is 730. The van der Waals surface area contributed by atoms with Crippen LogP contribution >= 0.6 is 0 Å². The Balaban J connectivity index is 2.05. The van der Waals surface area contributed by atoms with E-state index in [1.165, 1.54) is 0 Å². The van der Waals surface area contributed by atoms with Crippen molar-refractivity contribution in [2.45, 2.75) is 20.3 Å². The van der Waals surface area contributed by atoms with Crippen LogP contribution in [0.3, 0.4) is 0 Å².